The molecule has 2 N–H and O–H groups in total. The van der Waals surface area contributed by atoms with Crippen LogP contribution >= 0.6 is 0 Å². The van der Waals surface area contributed by atoms with Crippen molar-refractivity contribution in [2.75, 3.05) is 13.1 Å². The first kappa shape index (κ1) is 13.0. The minimum atomic E-state index is -0.202. The van der Waals surface area contributed by atoms with Crippen LogP contribution in [-0.4, -0.2) is 33.9 Å². The van der Waals surface area contributed by atoms with Crippen LogP contribution in [-0.2, 0) is 4.79 Å². The molecule has 1 aliphatic rings. The number of rotatable bonds is 3. The SMILES string of the molecule is Cc1cnc(C(C)N2C[C@@H](C)[C@H](C(N)=O)C2)cn1. The predicted octanol–water partition coefficient (Wildman–Crippen LogP) is 0.899. The maximum atomic E-state index is 11.3. The lowest BCUT2D eigenvalue weighted by molar-refractivity contribution is -0.122. The van der Waals surface area contributed by atoms with Gasteiger partial charge in [-0.2, -0.15) is 0 Å². The fourth-order valence-electron chi connectivity index (χ4n) is 2.50. The lowest BCUT2D eigenvalue weighted by Crippen LogP contribution is -2.30. The van der Waals surface area contributed by atoms with E-state index in [9.17, 15) is 4.79 Å². The van der Waals surface area contributed by atoms with E-state index in [-0.39, 0.29) is 17.9 Å². The zero-order valence-corrected chi connectivity index (χ0v) is 11.1. The Bertz CT molecular complexity index is 431. The summed E-state index contributed by atoms with van der Waals surface area (Å²) < 4.78 is 0. The second-order valence-electron chi connectivity index (χ2n) is 5.20. The van der Waals surface area contributed by atoms with Gasteiger partial charge in [0.2, 0.25) is 5.91 Å². The van der Waals surface area contributed by atoms with Crippen LogP contribution in [0.4, 0.5) is 0 Å². The van der Waals surface area contributed by atoms with Crippen molar-refractivity contribution >= 4 is 5.91 Å². The summed E-state index contributed by atoms with van der Waals surface area (Å²) >= 11 is 0. The number of hydrogen-bond donors (Lipinski definition) is 1. The monoisotopic (exact) mass is 248 g/mol. The lowest BCUT2D eigenvalue weighted by atomic mass is 9.98. The van der Waals surface area contributed by atoms with E-state index in [1.807, 2.05) is 13.1 Å². The number of nitrogens with two attached hydrogens (primary N) is 1. The maximum absolute atomic E-state index is 11.3. The minimum Gasteiger partial charge on any atom is -0.369 e. The van der Waals surface area contributed by atoms with Crippen molar-refractivity contribution in [3.8, 4) is 0 Å². The molecule has 0 aliphatic carbocycles. The van der Waals surface area contributed by atoms with Crippen molar-refractivity contribution in [3.05, 3.63) is 23.8 Å². The van der Waals surface area contributed by atoms with E-state index < -0.39 is 0 Å². The molecule has 2 heterocycles. The molecule has 1 aromatic rings. The molecule has 0 aromatic carbocycles. The van der Waals surface area contributed by atoms with E-state index >= 15 is 0 Å². The van der Waals surface area contributed by atoms with Crippen LogP contribution in [0.5, 0.6) is 0 Å². The molecule has 1 unspecified atom stereocenters. The lowest BCUT2D eigenvalue weighted by Gasteiger charge is -2.23. The fourth-order valence-corrected chi connectivity index (χ4v) is 2.50. The van der Waals surface area contributed by atoms with Crippen LogP contribution in [0.15, 0.2) is 12.4 Å². The molecule has 0 saturated carbocycles. The first-order valence-corrected chi connectivity index (χ1v) is 6.31. The molecule has 1 fully saturated rings. The third-order valence-electron chi connectivity index (χ3n) is 3.78. The molecule has 0 bridgehead atoms. The molecule has 5 heteroatoms. The zero-order chi connectivity index (χ0) is 13.3. The van der Waals surface area contributed by atoms with Crippen molar-refractivity contribution in [2.24, 2.45) is 17.6 Å². The Morgan fingerprint density at radius 2 is 2.17 bits per heavy atom. The summed E-state index contributed by atoms with van der Waals surface area (Å²) in [7, 11) is 0. The summed E-state index contributed by atoms with van der Waals surface area (Å²) in [4.78, 5) is 22.2. The van der Waals surface area contributed by atoms with Gasteiger partial charge in [-0.15, -0.1) is 0 Å². The van der Waals surface area contributed by atoms with Crippen LogP contribution in [0.2, 0.25) is 0 Å². The largest absolute Gasteiger partial charge is 0.369 e. The number of carbonyl (C=O) groups excluding carboxylic acids is 1. The van der Waals surface area contributed by atoms with Gasteiger partial charge in [0.1, 0.15) is 0 Å². The molecular formula is C13H20N4O. The number of nitrogens with zero attached hydrogens (tertiary/aromatic N) is 3. The van der Waals surface area contributed by atoms with Gasteiger partial charge < -0.3 is 5.73 Å². The standard InChI is InChI=1S/C13H20N4O/c1-8-6-17(7-11(8)13(14)18)10(3)12-5-15-9(2)4-16-12/h4-5,8,10-11H,6-7H2,1-3H3,(H2,14,18)/t8-,10?,11-/m1/s1. The number of aryl methyl sites for hydroxylation is 1. The number of likely N-dealkylation sites (tertiary alicyclic amines) is 1. The molecule has 98 valence electrons. The molecule has 1 amide bonds. The van der Waals surface area contributed by atoms with E-state index in [1.54, 1.807) is 6.20 Å². The highest BCUT2D eigenvalue weighted by molar-refractivity contribution is 5.77. The number of amides is 1. The molecule has 2 rings (SSSR count). The van der Waals surface area contributed by atoms with Gasteiger partial charge in [0.25, 0.3) is 0 Å². The van der Waals surface area contributed by atoms with E-state index in [4.69, 9.17) is 5.73 Å². The van der Waals surface area contributed by atoms with Crippen LogP contribution in [0.25, 0.3) is 0 Å². The van der Waals surface area contributed by atoms with Crippen LogP contribution in [0.3, 0.4) is 0 Å². The van der Waals surface area contributed by atoms with Crippen LogP contribution in [0.1, 0.15) is 31.3 Å². The zero-order valence-electron chi connectivity index (χ0n) is 11.1. The van der Waals surface area contributed by atoms with E-state index in [0.29, 0.717) is 12.5 Å². The molecule has 0 spiro atoms. The number of primary amides is 1. The summed E-state index contributed by atoms with van der Waals surface area (Å²) in [6.07, 6.45) is 3.58. The van der Waals surface area contributed by atoms with Gasteiger partial charge in [-0.05, 0) is 19.8 Å². The first-order valence-electron chi connectivity index (χ1n) is 6.31. The summed E-state index contributed by atoms with van der Waals surface area (Å²) in [5.41, 5.74) is 7.27. The van der Waals surface area contributed by atoms with Gasteiger partial charge in [0.05, 0.1) is 29.5 Å². The second kappa shape index (κ2) is 5.02. The van der Waals surface area contributed by atoms with E-state index in [0.717, 1.165) is 17.9 Å². The Balaban J connectivity index is 2.09. The summed E-state index contributed by atoms with van der Waals surface area (Å²) in [6, 6.07) is 0.171. The van der Waals surface area contributed by atoms with Gasteiger partial charge in [-0.1, -0.05) is 6.92 Å². The predicted molar refractivity (Wildman–Crippen MR) is 68.6 cm³/mol. The van der Waals surface area contributed by atoms with Crippen molar-refractivity contribution in [3.63, 3.8) is 0 Å². The molecule has 18 heavy (non-hydrogen) atoms. The molecule has 3 atom stereocenters. The molecular weight excluding hydrogens is 228 g/mol. The Morgan fingerprint density at radius 1 is 1.44 bits per heavy atom. The highest BCUT2D eigenvalue weighted by Crippen LogP contribution is 2.29. The third kappa shape index (κ3) is 2.51. The Labute approximate surface area is 107 Å². The van der Waals surface area contributed by atoms with Gasteiger partial charge in [-0.25, -0.2) is 0 Å². The topological polar surface area (TPSA) is 72.1 Å². The minimum absolute atomic E-state index is 0.0501. The summed E-state index contributed by atoms with van der Waals surface area (Å²) in [5, 5.41) is 0. The van der Waals surface area contributed by atoms with Crippen molar-refractivity contribution in [2.45, 2.75) is 26.8 Å². The van der Waals surface area contributed by atoms with Gasteiger partial charge in [-0.3, -0.25) is 19.7 Å². The van der Waals surface area contributed by atoms with Crippen molar-refractivity contribution < 1.29 is 4.79 Å². The highest BCUT2D eigenvalue weighted by Gasteiger charge is 2.36. The molecule has 1 saturated heterocycles. The average molecular weight is 248 g/mol. The molecule has 0 radical (unpaired) electrons. The quantitative estimate of drug-likeness (QED) is 0.862. The molecule has 1 aliphatic heterocycles. The highest BCUT2D eigenvalue weighted by atomic mass is 16.1. The molecule has 1 aromatic heterocycles. The van der Waals surface area contributed by atoms with Crippen LogP contribution in [0, 0.1) is 18.8 Å². The Kier molecular flexibility index (Phi) is 3.61. The Hall–Kier alpha value is -1.49. The van der Waals surface area contributed by atoms with E-state index in [1.165, 1.54) is 0 Å². The fraction of sp³-hybridized carbons (Fsp3) is 0.615. The average Bonchev–Trinajstić information content (AvgIpc) is 2.71. The molecule has 5 nitrogen and oxygen atoms in total. The first-order chi connectivity index (χ1) is 8.49. The summed E-state index contributed by atoms with van der Waals surface area (Å²) in [5.74, 6) is 0.0569. The van der Waals surface area contributed by atoms with Gasteiger partial charge in [0.15, 0.2) is 0 Å². The third-order valence-corrected chi connectivity index (χ3v) is 3.78. The van der Waals surface area contributed by atoms with Crippen LogP contribution < -0.4 is 5.73 Å². The smallest absolute Gasteiger partial charge is 0.222 e. The number of hydrogen-bond acceptors (Lipinski definition) is 4. The number of carbonyl (C=O) groups is 1. The van der Waals surface area contributed by atoms with Crippen molar-refractivity contribution in [1.82, 2.24) is 14.9 Å². The number of aromatic nitrogens is 2. The van der Waals surface area contributed by atoms with Crippen molar-refractivity contribution in [1.29, 1.82) is 0 Å². The van der Waals surface area contributed by atoms with Gasteiger partial charge in [0, 0.05) is 19.3 Å². The normalized spacial score (nSPS) is 26.2. The van der Waals surface area contributed by atoms with Gasteiger partial charge >= 0.3 is 0 Å². The Morgan fingerprint density at radius 3 is 2.67 bits per heavy atom. The maximum Gasteiger partial charge on any atom is 0.222 e. The van der Waals surface area contributed by atoms with E-state index in [2.05, 4.69) is 28.7 Å². The summed E-state index contributed by atoms with van der Waals surface area (Å²) in [6.45, 7) is 7.68. The second-order valence-corrected chi connectivity index (χ2v) is 5.20.